The number of phenolic OH excluding ortho intramolecular Hbond substituents is 1. The summed E-state index contributed by atoms with van der Waals surface area (Å²) in [6, 6.07) is 7.71. The van der Waals surface area contributed by atoms with Crippen molar-refractivity contribution in [3.63, 3.8) is 0 Å². The number of benzene rings is 2. The summed E-state index contributed by atoms with van der Waals surface area (Å²) in [5, 5.41) is 15.8. The molecule has 2 bridgehead atoms. The Hall–Kier alpha value is -3.50. The number of halogens is 1. The fourth-order valence-corrected chi connectivity index (χ4v) is 7.94. The Morgan fingerprint density at radius 1 is 1.07 bits per heavy atom. The fourth-order valence-electron chi connectivity index (χ4n) is 7.94. The zero-order valence-corrected chi connectivity index (χ0v) is 23.4. The number of fused-ring (bicyclic) bond motifs is 5. The van der Waals surface area contributed by atoms with E-state index < -0.39 is 0 Å². The van der Waals surface area contributed by atoms with Crippen LogP contribution in [0, 0.1) is 5.82 Å². The Bertz CT molecular complexity index is 1630. The van der Waals surface area contributed by atoms with Crippen LogP contribution in [0.1, 0.15) is 51.0 Å². The van der Waals surface area contributed by atoms with Crippen molar-refractivity contribution >= 4 is 27.8 Å². The lowest BCUT2D eigenvalue weighted by Crippen LogP contribution is -2.51. The van der Waals surface area contributed by atoms with Crippen LogP contribution in [0.3, 0.4) is 0 Å². The number of nitrogens with zero attached hydrogens (tertiary/aromatic N) is 5. The molecule has 2 aromatic carbocycles. The number of rotatable bonds is 6. The van der Waals surface area contributed by atoms with E-state index in [1.54, 1.807) is 18.2 Å². The number of aromatic hydroxyl groups is 1. The number of piperazine rings is 1. The van der Waals surface area contributed by atoms with Crippen LogP contribution in [0.5, 0.6) is 11.8 Å². The molecule has 0 radical (unpaired) electrons. The Labute approximate surface area is 238 Å². The van der Waals surface area contributed by atoms with Crippen LogP contribution in [0.25, 0.3) is 33.3 Å². The van der Waals surface area contributed by atoms with E-state index in [2.05, 4.69) is 20.1 Å². The summed E-state index contributed by atoms with van der Waals surface area (Å²) in [4.78, 5) is 23.1. The molecule has 8 rings (SSSR count). The zero-order valence-electron chi connectivity index (χ0n) is 23.4. The molecule has 4 saturated heterocycles. The van der Waals surface area contributed by atoms with Crippen molar-refractivity contribution in [3.8, 4) is 23.1 Å². The fraction of sp³-hybridized carbons (Fsp3) is 0.516. The molecular weight excluding hydrogens is 521 g/mol. The molecule has 2 unspecified atom stereocenters. The van der Waals surface area contributed by atoms with E-state index in [1.165, 1.54) is 18.9 Å². The molecule has 0 aliphatic carbocycles. The van der Waals surface area contributed by atoms with Crippen LogP contribution < -0.4 is 15.0 Å². The summed E-state index contributed by atoms with van der Waals surface area (Å²) in [5.74, 6) is 1.14. The van der Waals surface area contributed by atoms with Gasteiger partial charge in [0.15, 0.2) is 17.0 Å². The maximum Gasteiger partial charge on any atom is 0.320 e. The predicted octanol–water partition coefficient (Wildman–Crippen LogP) is 4.53. The van der Waals surface area contributed by atoms with Crippen LogP contribution in [-0.4, -0.2) is 80.4 Å². The van der Waals surface area contributed by atoms with Gasteiger partial charge in [0.25, 0.3) is 0 Å². The maximum atomic E-state index is 14.9. The summed E-state index contributed by atoms with van der Waals surface area (Å²) < 4.78 is 21.3. The largest absolute Gasteiger partial charge is 0.508 e. The predicted molar refractivity (Wildman–Crippen MR) is 156 cm³/mol. The summed E-state index contributed by atoms with van der Waals surface area (Å²) in [6.45, 7) is 6.50. The van der Waals surface area contributed by atoms with E-state index in [4.69, 9.17) is 19.7 Å². The topological polar surface area (TPSA) is 102 Å². The Balaban J connectivity index is 1.25. The van der Waals surface area contributed by atoms with Gasteiger partial charge in [-0.3, -0.25) is 4.90 Å². The third kappa shape index (κ3) is 4.14. The lowest BCUT2D eigenvalue weighted by molar-refractivity contribution is 0.108. The van der Waals surface area contributed by atoms with Crippen molar-refractivity contribution in [2.24, 2.45) is 0 Å². The number of aromatic amines is 1. The van der Waals surface area contributed by atoms with Crippen LogP contribution in [0.4, 0.5) is 10.2 Å². The highest BCUT2D eigenvalue weighted by Gasteiger charge is 2.45. The summed E-state index contributed by atoms with van der Waals surface area (Å²) in [5.41, 5.74) is 2.59. The number of nitrogens with one attached hydrogen (secondary N) is 2. The highest BCUT2D eigenvalue weighted by Crippen LogP contribution is 2.40. The molecule has 4 aliphatic heterocycles. The number of hydrogen-bond acceptors (Lipinski definition) is 8. The van der Waals surface area contributed by atoms with Crippen molar-refractivity contribution in [1.82, 2.24) is 30.2 Å². The van der Waals surface area contributed by atoms with E-state index in [1.807, 2.05) is 6.92 Å². The van der Waals surface area contributed by atoms with Gasteiger partial charge in [-0.1, -0.05) is 13.0 Å². The van der Waals surface area contributed by atoms with Crippen molar-refractivity contribution < 1.29 is 14.2 Å². The molecule has 9 nitrogen and oxygen atoms in total. The van der Waals surface area contributed by atoms with E-state index in [0.29, 0.717) is 59.2 Å². The molecule has 10 heteroatoms. The van der Waals surface area contributed by atoms with Gasteiger partial charge in [0.2, 0.25) is 0 Å². The molecular formula is C31H36FN7O2. The molecule has 4 aromatic rings. The van der Waals surface area contributed by atoms with Gasteiger partial charge >= 0.3 is 6.01 Å². The Morgan fingerprint density at radius 2 is 1.85 bits per heavy atom. The van der Waals surface area contributed by atoms with Gasteiger partial charge in [-0.05, 0) is 92.6 Å². The Kier molecular flexibility index (Phi) is 5.86. The average molecular weight is 558 g/mol. The third-order valence-electron chi connectivity index (χ3n) is 9.86. The molecule has 4 fully saturated rings. The van der Waals surface area contributed by atoms with Gasteiger partial charge in [0, 0.05) is 30.7 Å². The van der Waals surface area contributed by atoms with Crippen LogP contribution in [0.15, 0.2) is 24.3 Å². The number of aryl methyl sites for hydroxylation is 1. The number of ether oxygens (including phenoxy) is 1. The number of anilines is 1. The van der Waals surface area contributed by atoms with Crippen LogP contribution >= 0.6 is 0 Å². The highest BCUT2D eigenvalue weighted by molar-refractivity contribution is 6.00. The lowest BCUT2D eigenvalue weighted by Gasteiger charge is -2.34. The van der Waals surface area contributed by atoms with Crippen molar-refractivity contribution in [3.05, 3.63) is 35.6 Å². The van der Waals surface area contributed by atoms with Crippen LogP contribution in [-0.2, 0) is 6.42 Å². The molecule has 41 heavy (non-hydrogen) atoms. The first-order valence-corrected chi connectivity index (χ1v) is 15.1. The summed E-state index contributed by atoms with van der Waals surface area (Å²) in [7, 11) is 0. The number of H-pyrrole nitrogens is 1. The highest BCUT2D eigenvalue weighted by atomic mass is 19.1. The molecule has 0 spiro atoms. The SMILES string of the molecule is CCc1c(F)ccc2cc(O)cc(-c3nc4c(N5CC6CCC(C5)N6)nc(OCC56CCCN5CCC6)nc4[nH]3)c12. The molecule has 6 heterocycles. The molecule has 3 N–H and O–H groups in total. The lowest BCUT2D eigenvalue weighted by atomic mass is 9.95. The van der Waals surface area contributed by atoms with Gasteiger partial charge in [0.1, 0.15) is 24.0 Å². The molecule has 214 valence electrons. The van der Waals surface area contributed by atoms with Crippen molar-refractivity contribution in [1.29, 1.82) is 0 Å². The molecule has 0 saturated carbocycles. The number of imidazole rings is 1. The molecule has 0 amide bonds. The van der Waals surface area contributed by atoms with Crippen LogP contribution in [0.2, 0.25) is 0 Å². The third-order valence-corrected chi connectivity index (χ3v) is 9.86. The van der Waals surface area contributed by atoms with E-state index in [-0.39, 0.29) is 17.1 Å². The first-order chi connectivity index (χ1) is 20.0. The molecule has 4 aliphatic rings. The van der Waals surface area contributed by atoms with Gasteiger partial charge < -0.3 is 25.0 Å². The number of hydrogen-bond donors (Lipinski definition) is 3. The smallest absolute Gasteiger partial charge is 0.320 e. The van der Waals surface area contributed by atoms with E-state index >= 15 is 0 Å². The van der Waals surface area contributed by atoms with Gasteiger partial charge in [-0.25, -0.2) is 9.37 Å². The second-order valence-electron chi connectivity index (χ2n) is 12.3. The monoisotopic (exact) mass is 557 g/mol. The second-order valence-corrected chi connectivity index (χ2v) is 12.3. The normalized spacial score (nSPS) is 23.6. The molecule has 2 atom stereocenters. The minimum absolute atomic E-state index is 0.0902. The van der Waals surface area contributed by atoms with Gasteiger partial charge in [0.05, 0.1) is 5.54 Å². The standard InChI is InChI=1S/C31H36FN7O2/c1-2-22-24(32)8-5-18-13-21(40)14-23(25(18)22)27-34-26-28(35-27)36-30(41-17-31-9-3-11-39(31)12-4-10-31)37-29(26)38-15-19-6-7-20(16-38)33-19/h5,8,13-14,19-20,33,40H,2-4,6-7,9-12,15-17H2,1H3,(H,34,35,36,37). The van der Waals surface area contributed by atoms with Crippen molar-refractivity contribution in [2.75, 3.05) is 37.7 Å². The summed E-state index contributed by atoms with van der Waals surface area (Å²) in [6.07, 6.45) is 7.55. The first-order valence-electron chi connectivity index (χ1n) is 15.1. The minimum atomic E-state index is -0.261. The second kappa shape index (κ2) is 9.52. The van der Waals surface area contributed by atoms with Crippen molar-refractivity contribution in [2.45, 2.75) is 69.5 Å². The zero-order chi connectivity index (χ0) is 27.7. The Morgan fingerprint density at radius 3 is 2.61 bits per heavy atom. The quantitative estimate of drug-likeness (QED) is 0.318. The molecule has 2 aromatic heterocycles. The van der Waals surface area contributed by atoms with E-state index in [9.17, 15) is 9.50 Å². The maximum absolute atomic E-state index is 14.9. The summed E-state index contributed by atoms with van der Waals surface area (Å²) >= 11 is 0. The van der Waals surface area contributed by atoms with E-state index in [0.717, 1.165) is 68.5 Å². The average Bonchev–Trinajstić information content (AvgIpc) is 3.74. The number of aromatic nitrogens is 4. The first kappa shape index (κ1) is 25.2. The van der Waals surface area contributed by atoms with Gasteiger partial charge in [-0.2, -0.15) is 9.97 Å². The minimum Gasteiger partial charge on any atom is -0.508 e. The van der Waals surface area contributed by atoms with Gasteiger partial charge in [-0.15, -0.1) is 0 Å². The number of phenols is 1.